The number of anilines is 1. The zero-order chi connectivity index (χ0) is 19.9. The predicted molar refractivity (Wildman–Crippen MR) is 105 cm³/mol. The van der Waals surface area contributed by atoms with E-state index in [2.05, 4.69) is 20.4 Å². The highest BCUT2D eigenvalue weighted by molar-refractivity contribution is 5.89. The Morgan fingerprint density at radius 1 is 1.14 bits per heavy atom. The Morgan fingerprint density at radius 2 is 1.89 bits per heavy atom. The summed E-state index contributed by atoms with van der Waals surface area (Å²) in [6, 6.07) is 14.4. The van der Waals surface area contributed by atoms with Crippen molar-refractivity contribution in [2.75, 3.05) is 25.6 Å². The van der Waals surface area contributed by atoms with E-state index in [0.29, 0.717) is 24.6 Å². The molecule has 8 heteroatoms. The first-order chi connectivity index (χ1) is 13.6. The molecular formula is C20H22N4O4. The van der Waals surface area contributed by atoms with Gasteiger partial charge in [-0.1, -0.05) is 24.3 Å². The van der Waals surface area contributed by atoms with Gasteiger partial charge in [0, 0.05) is 13.1 Å². The minimum atomic E-state index is -0.398. The van der Waals surface area contributed by atoms with Gasteiger partial charge in [-0.2, -0.15) is 0 Å². The first-order valence-corrected chi connectivity index (χ1v) is 8.86. The van der Waals surface area contributed by atoms with Crippen LogP contribution in [0.15, 0.2) is 48.5 Å². The third-order valence-corrected chi connectivity index (χ3v) is 4.22. The van der Waals surface area contributed by atoms with Gasteiger partial charge >= 0.3 is 5.97 Å². The number of imidazole rings is 1. The summed E-state index contributed by atoms with van der Waals surface area (Å²) >= 11 is 0. The van der Waals surface area contributed by atoms with Crippen LogP contribution in [0.3, 0.4) is 0 Å². The summed E-state index contributed by atoms with van der Waals surface area (Å²) in [5, 5.41) is 14.9. The van der Waals surface area contributed by atoms with Crippen molar-refractivity contribution in [1.82, 2.24) is 14.9 Å². The van der Waals surface area contributed by atoms with E-state index in [1.54, 1.807) is 28.8 Å². The number of fused-ring (bicyclic) bond motifs is 1. The summed E-state index contributed by atoms with van der Waals surface area (Å²) in [7, 11) is 1.33. The van der Waals surface area contributed by atoms with Crippen LogP contribution in [0.1, 0.15) is 15.9 Å². The van der Waals surface area contributed by atoms with Crippen LogP contribution in [-0.2, 0) is 22.6 Å². The molecule has 28 heavy (non-hydrogen) atoms. The van der Waals surface area contributed by atoms with Crippen LogP contribution in [0.25, 0.3) is 11.0 Å². The number of carbonyl (C=O) groups is 2. The Hall–Kier alpha value is -3.39. The van der Waals surface area contributed by atoms with E-state index in [1.165, 1.54) is 7.11 Å². The normalized spacial score (nSPS) is 10.6. The van der Waals surface area contributed by atoms with E-state index < -0.39 is 5.97 Å². The first kappa shape index (κ1) is 19.4. The highest BCUT2D eigenvalue weighted by Crippen LogP contribution is 2.19. The van der Waals surface area contributed by atoms with Gasteiger partial charge in [0.25, 0.3) is 0 Å². The summed E-state index contributed by atoms with van der Waals surface area (Å²) in [6.45, 7) is 0.745. The fourth-order valence-electron chi connectivity index (χ4n) is 2.81. The lowest BCUT2D eigenvalue weighted by Gasteiger charge is -2.11. The number of nitrogens with zero attached hydrogens (tertiary/aromatic N) is 2. The zero-order valence-electron chi connectivity index (χ0n) is 15.5. The molecule has 3 rings (SSSR count). The number of aliphatic hydroxyl groups is 1. The lowest BCUT2D eigenvalue weighted by Crippen LogP contribution is -2.27. The number of nitrogens with one attached hydrogen (secondary N) is 2. The number of aromatic nitrogens is 2. The van der Waals surface area contributed by atoms with Crippen molar-refractivity contribution in [3.8, 4) is 0 Å². The van der Waals surface area contributed by atoms with Gasteiger partial charge in [0.15, 0.2) is 0 Å². The SMILES string of the molecule is COC(=O)c1ccc(CNC(=O)Cn2c(NCCO)nc3ccccc32)cc1. The van der Waals surface area contributed by atoms with Gasteiger partial charge in [-0.3, -0.25) is 4.79 Å². The van der Waals surface area contributed by atoms with Crippen molar-refractivity contribution >= 4 is 28.9 Å². The Balaban J connectivity index is 1.67. The largest absolute Gasteiger partial charge is 0.465 e. The van der Waals surface area contributed by atoms with Crippen LogP contribution < -0.4 is 10.6 Å². The minimum Gasteiger partial charge on any atom is -0.465 e. The molecule has 0 aliphatic rings. The molecule has 1 aromatic heterocycles. The number of amides is 1. The van der Waals surface area contributed by atoms with Crippen LogP contribution in [-0.4, -0.2) is 46.8 Å². The van der Waals surface area contributed by atoms with Crippen molar-refractivity contribution in [3.63, 3.8) is 0 Å². The quantitative estimate of drug-likeness (QED) is 0.511. The smallest absolute Gasteiger partial charge is 0.337 e. The standard InChI is InChI=1S/C20H22N4O4/c1-28-19(27)15-8-6-14(7-9-15)12-22-18(26)13-24-17-5-3-2-4-16(17)23-20(24)21-10-11-25/h2-9,25H,10-13H2,1H3,(H,21,23)(H,22,26). The lowest BCUT2D eigenvalue weighted by molar-refractivity contribution is -0.121. The predicted octanol–water partition coefficient (Wildman–Crippen LogP) is 1.54. The first-order valence-electron chi connectivity index (χ1n) is 8.86. The average Bonchev–Trinajstić information content (AvgIpc) is 3.07. The summed E-state index contributed by atoms with van der Waals surface area (Å²) in [5.74, 6) is -0.0365. The molecule has 0 saturated carbocycles. The summed E-state index contributed by atoms with van der Waals surface area (Å²) < 4.78 is 6.45. The molecule has 1 heterocycles. The van der Waals surface area contributed by atoms with Crippen LogP contribution in [0.2, 0.25) is 0 Å². The molecular weight excluding hydrogens is 360 g/mol. The Kier molecular flexibility index (Phi) is 6.23. The molecule has 146 valence electrons. The fourth-order valence-corrected chi connectivity index (χ4v) is 2.81. The van der Waals surface area contributed by atoms with Crippen LogP contribution >= 0.6 is 0 Å². The van der Waals surface area contributed by atoms with E-state index in [4.69, 9.17) is 5.11 Å². The summed E-state index contributed by atoms with van der Waals surface area (Å²) in [5.41, 5.74) is 2.94. The Labute approximate surface area is 162 Å². The molecule has 0 saturated heterocycles. The maximum absolute atomic E-state index is 12.5. The maximum atomic E-state index is 12.5. The number of hydrogen-bond acceptors (Lipinski definition) is 6. The number of benzene rings is 2. The average molecular weight is 382 g/mol. The van der Waals surface area contributed by atoms with E-state index in [1.807, 2.05) is 24.3 Å². The molecule has 0 aliphatic heterocycles. The van der Waals surface area contributed by atoms with Gasteiger partial charge in [-0.15, -0.1) is 0 Å². The number of ether oxygens (including phenoxy) is 1. The summed E-state index contributed by atoms with van der Waals surface area (Å²) in [6.07, 6.45) is 0. The van der Waals surface area contributed by atoms with Gasteiger partial charge in [0.1, 0.15) is 6.54 Å². The van der Waals surface area contributed by atoms with E-state index in [-0.39, 0.29) is 19.1 Å². The van der Waals surface area contributed by atoms with Crippen LogP contribution in [0, 0.1) is 0 Å². The van der Waals surface area contributed by atoms with Crippen molar-refractivity contribution in [2.24, 2.45) is 0 Å². The number of methoxy groups -OCH3 is 1. The topological polar surface area (TPSA) is 105 Å². The number of aliphatic hydroxyl groups excluding tert-OH is 1. The highest BCUT2D eigenvalue weighted by atomic mass is 16.5. The molecule has 0 atom stereocenters. The molecule has 0 aliphatic carbocycles. The van der Waals surface area contributed by atoms with Crippen molar-refractivity contribution in [2.45, 2.75) is 13.1 Å². The van der Waals surface area contributed by atoms with E-state index in [0.717, 1.165) is 16.6 Å². The third kappa shape index (κ3) is 4.47. The Bertz CT molecular complexity index is 966. The molecule has 8 nitrogen and oxygen atoms in total. The minimum absolute atomic E-state index is 0.0308. The number of rotatable bonds is 8. The van der Waals surface area contributed by atoms with Gasteiger partial charge in [-0.05, 0) is 29.8 Å². The molecule has 0 spiro atoms. The molecule has 3 N–H and O–H groups in total. The highest BCUT2D eigenvalue weighted by Gasteiger charge is 2.13. The number of carbonyl (C=O) groups excluding carboxylic acids is 2. The molecule has 0 unspecified atom stereocenters. The van der Waals surface area contributed by atoms with E-state index >= 15 is 0 Å². The van der Waals surface area contributed by atoms with Crippen molar-refractivity contribution < 1.29 is 19.4 Å². The van der Waals surface area contributed by atoms with Crippen LogP contribution in [0.5, 0.6) is 0 Å². The third-order valence-electron chi connectivity index (χ3n) is 4.22. The van der Waals surface area contributed by atoms with Gasteiger partial charge in [0.05, 0.1) is 30.3 Å². The molecule has 3 aromatic rings. The second kappa shape index (κ2) is 9.01. The number of hydrogen-bond donors (Lipinski definition) is 3. The molecule has 0 bridgehead atoms. The second-order valence-electron chi connectivity index (χ2n) is 6.13. The maximum Gasteiger partial charge on any atom is 0.337 e. The van der Waals surface area contributed by atoms with E-state index in [9.17, 15) is 9.59 Å². The van der Waals surface area contributed by atoms with Gasteiger partial charge in [-0.25, -0.2) is 9.78 Å². The number of esters is 1. The Morgan fingerprint density at radius 3 is 2.61 bits per heavy atom. The second-order valence-corrected chi connectivity index (χ2v) is 6.13. The molecule has 1 amide bonds. The van der Waals surface area contributed by atoms with Gasteiger partial charge in [0.2, 0.25) is 11.9 Å². The molecule has 0 radical (unpaired) electrons. The molecule has 0 fully saturated rings. The molecule has 2 aromatic carbocycles. The monoisotopic (exact) mass is 382 g/mol. The number of para-hydroxylation sites is 2. The van der Waals surface area contributed by atoms with Crippen LogP contribution in [0.4, 0.5) is 5.95 Å². The summed E-state index contributed by atoms with van der Waals surface area (Å²) in [4.78, 5) is 28.4. The van der Waals surface area contributed by atoms with Crippen molar-refractivity contribution in [1.29, 1.82) is 0 Å². The zero-order valence-corrected chi connectivity index (χ0v) is 15.5. The lowest BCUT2D eigenvalue weighted by atomic mass is 10.1. The van der Waals surface area contributed by atoms with Crippen molar-refractivity contribution in [3.05, 3.63) is 59.7 Å². The fraction of sp³-hybridized carbons (Fsp3) is 0.250. The van der Waals surface area contributed by atoms with Gasteiger partial charge < -0.3 is 25.0 Å².